The third-order valence-electron chi connectivity index (χ3n) is 3.43. The van der Waals surface area contributed by atoms with E-state index in [9.17, 15) is 24.4 Å². The Morgan fingerprint density at radius 2 is 1.89 bits per heavy atom. The Balaban J connectivity index is 2.14. The van der Waals surface area contributed by atoms with Crippen LogP contribution in [0, 0.1) is 10.1 Å². The van der Waals surface area contributed by atoms with Crippen LogP contribution in [0.4, 0.5) is 5.69 Å². The number of halogens is 2. The van der Waals surface area contributed by atoms with E-state index < -0.39 is 30.9 Å². The van der Waals surface area contributed by atoms with Crippen LogP contribution >= 0.6 is 30.8 Å². The van der Waals surface area contributed by atoms with Gasteiger partial charge in [-0.3, -0.25) is 14.7 Å². The number of rotatable bonds is 8. The quantitative estimate of drug-likeness (QED) is 0.272. The highest BCUT2D eigenvalue weighted by Gasteiger charge is 2.37. The van der Waals surface area contributed by atoms with Gasteiger partial charge in [0, 0.05) is 29.8 Å². The van der Waals surface area contributed by atoms with E-state index in [1.807, 2.05) is 0 Å². The molecule has 0 aliphatic rings. The molecule has 2 atom stereocenters. The van der Waals surface area contributed by atoms with Crippen molar-refractivity contribution < 1.29 is 33.2 Å². The van der Waals surface area contributed by atoms with E-state index in [-0.39, 0.29) is 22.0 Å². The molecule has 2 aromatic carbocycles. The lowest BCUT2D eigenvalue weighted by Gasteiger charge is -2.22. The zero-order valence-corrected chi connectivity index (χ0v) is 16.7. The summed E-state index contributed by atoms with van der Waals surface area (Å²) in [5, 5.41) is 11.3. The number of hydrogen-bond donors (Lipinski definition) is 1. The highest BCUT2D eigenvalue weighted by molar-refractivity contribution is 7.53. The molecule has 0 bridgehead atoms. The lowest BCUT2D eigenvalue weighted by atomic mass is 10.2. The Kier molecular flexibility index (Phi) is 7.40. The molecule has 0 radical (unpaired) electrons. The Labute approximate surface area is 169 Å². The van der Waals surface area contributed by atoms with Crippen molar-refractivity contribution in [3.63, 3.8) is 0 Å². The van der Waals surface area contributed by atoms with Crippen molar-refractivity contribution in [1.29, 1.82) is 0 Å². The van der Waals surface area contributed by atoms with Gasteiger partial charge in [0.15, 0.2) is 6.61 Å². The van der Waals surface area contributed by atoms with E-state index in [0.717, 1.165) is 19.2 Å². The number of carbonyl (C=O) groups is 1. The summed E-state index contributed by atoms with van der Waals surface area (Å²) in [5.41, 5.74) is -0.198. The molecule has 0 amide bonds. The molecule has 2 rings (SSSR count). The van der Waals surface area contributed by atoms with E-state index in [2.05, 4.69) is 4.52 Å². The van der Waals surface area contributed by atoms with E-state index in [0.29, 0.717) is 5.02 Å². The summed E-state index contributed by atoms with van der Waals surface area (Å²) in [6.45, 7) is -0.617. The number of hydrogen-bond acceptors (Lipinski definition) is 7. The first-order valence-electron chi connectivity index (χ1n) is 7.54. The van der Waals surface area contributed by atoms with Crippen LogP contribution in [0.5, 0.6) is 5.75 Å². The fourth-order valence-corrected chi connectivity index (χ4v) is 3.52. The third kappa shape index (κ3) is 5.67. The zero-order chi connectivity index (χ0) is 20.9. The minimum absolute atomic E-state index is 0.0381. The van der Waals surface area contributed by atoms with Crippen LogP contribution in [-0.2, 0) is 18.6 Å². The molecule has 150 valence electrons. The SMILES string of the molecule is COP(=O)(O)C(OC(=O)COc1ccc(Cl)cc1Cl)c1ccc([N+](=O)[O-])cc1. The molecule has 2 aromatic rings. The molecule has 9 nitrogen and oxygen atoms in total. The van der Waals surface area contributed by atoms with Crippen LogP contribution in [0.15, 0.2) is 42.5 Å². The Hall–Kier alpha value is -2.16. The highest BCUT2D eigenvalue weighted by atomic mass is 35.5. The van der Waals surface area contributed by atoms with Gasteiger partial charge in [-0.2, -0.15) is 0 Å². The van der Waals surface area contributed by atoms with Gasteiger partial charge >= 0.3 is 13.6 Å². The molecule has 0 saturated carbocycles. The van der Waals surface area contributed by atoms with Crippen molar-refractivity contribution in [2.45, 2.75) is 5.85 Å². The summed E-state index contributed by atoms with van der Waals surface area (Å²) in [7, 11) is -3.45. The molecule has 12 heteroatoms. The maximum atomic E-state index is 12.2. The smallest absolute Gasteiger partial charge is 0.372 e. The number of ether oxygens (including phenoxy) is 2. The first-order valence-corrected chi connectivity index (χ1v) is 9.94. The molecular formula is C16H14Cl2NO8P. The first kappa shape index (κ1) is 22.1. The van der Waals surface area contributed by atoms with Crippen LogP contribution < -0.4 is 4.74 Å². The summed E-state index contributed by atoms with van der Waals surface area (Å²) >= 11 is 11.7. The number of nitrogens with zero attached hydrogens (tertiary/aromatic N) is 1. The highest BCUT2D eigenvalue weighted by Crippen LogP contribution is 2.56. The second-order valence-electron chi connectivity index (χ2n) is 5.30. The summed E-state index contributed by atoms with van der Waals surface area (Å²) in [4.78, 5) is 32.2. The Morgan fingerprint density at radius 3 is 2.43 bits per heavy atom. The van der Waals surface area contributed by atoms with Gasteiger partial charge in [0.1, 0.15) is 5.75 Å². The van der Waals surface area contributed by atoms with Crippen molar-refractivity contribution in [2.24, 2.45) is 0 Å². The molecule has 0 aliphatic carbocycles. The fraction of sp³-hybridized carbons (Fsp3) is 0.188. The number of esters is 1. The van der Waals surface area contributed by atoms with Crippen molar-refractivity contribution in [3.8, 4) is 5.75 Å². The lowest BCUT2D eigenvalue weighted by molar-refractivity contribution is -0.384. The van der Waals surface area contributed by atoms with Gasteiger partial charge in [-0.25, -0.2) is 4.79 Å². The van der Waals surface area contributed by atoms with Crippen LogP contribution in [0.2, 0.25) is 10.0 Å². The van der Waals surface area contributed by atoms with Gasteiger partial charge in [0.2, 0.25) is 5.85 Å². The largest absolute Gasteiger partial charge is 0.480 e. The minimum atomic E-state index is -4.42. The normalized spacial score (nSPS) is 14.0. The molecule has 0 fully saturated rings. The van der Waals surface area contributed by atoms with E-state index in [1.165, 1.54) is 30.3 Å². The summed E-state index contributed by atoms with van der Waals surface area (Å²) in [6, 6.07) is 8.95. The number of carbonyl (C=O) groups excluding carboxylic acids is 1. The number of nitro benzene ring substituents is 1. The van der Waals surface area contributed by atoms with Gasteiger partial charge in [-0.05, 0) is 30.3 Å². The molecule has 0 heterocycles. The van der Waals surface area contributed by atoms with Gasteiger partial charge in [-0.15, -0.1) is 0 Å². The van der Waals surface area contributed by atoms with Gasteiger partial charge in [-0.1, -0.05) is 23.2 Å². The van der Waals surface area contributed by atoms with E-state index >= 15 is 0 Å². The van der Waals surface area contributed by atoms with E-state index in [1.54, 1.807) is 0 Å². The zero-order valence-electron chi connectivity index (χ0n) is 14.3. The number of benzene rings is 2. The Bertz CT molecular complexity index is 921. The van der Waals surface area contributed by atoms with Gasteiger partial charge in [0.25, 0.3) is 5.69 Å². The predicted octanol–water partition coefficient (Wildman–Crippen LogP) is 4.35. The Morgan fingerprint density at radius 1 is 1.25 bits per heavy atom. The van der Waals surface area contributed by atoms with Crippen LogP contribution in [0.1, 0.15) is 11.4 Å². The number of non-ortho nitro benzene ring substituents is 1. The summed E-state index contributed by atoms with van der Waals surface area (Å²) < 4.78 is 27.1. The predicted molar refractivity (Wildman–Crippen MR) is 101 cm³/mol. The standard InChI is InChI=1S/C16H14Cl2NO8P/c1-25-28(23,24)16(10-2-5-12(6-3-10)19(21)22)27-15(20)9-26-14-7-4-11(17)8-13(14)18/h2-8,16H,9H2,1H3,(H,23,24). The maximum Gasteiger partial charge on any atom is 0.372 e. The van der Waals surface area contributed by atoms with Crippen molar-refractivity contribution in [2.75, 3.05) is 13.7 Å². The van der Waals surface area contributed by atoms with E-state index in [4.69, 9.17) is 32.7 Å². The van der Waals surface area contributed by atoms with Crippen molar-refractivity contribution in [1.82, 2.24) is 0 Å². The van der Waals surface area contributed by atoms with Crippen molar-refractivity contribution in [3.05, 3.63) is 68.2 Å². The molecule has 0 saturated heterocycles. The summed E-state index contributed by atoms with van der Waals surface area (Å²) in [5.74, 6) is -2.52. The molecule has 0 aliphatic heterocycles. The third-order valence-corrected chi connectivity index (χ3v) is 5.48. The van der Waals surface area contributed by atoms with Crippen LogP contribution in [-0.4, -0.2) is 29.5 Å². The molecule has 1 N–H and O–H groups in total. The minimum Gasteiger partial charge on any atom is -0.480 e. The molecule has 0 spiro atoms. The maximum absolute atomic E-state index is 12.2. The average molecular weight is 450 g/mol. The van der Waals surface area contributed by atoms with Gasteiger partial charge < -0.3 is 18.9 Å². The molecule has 0 aromatic heterocycles. The first-order chi connectivity index (χ1) is 13.1. The second-order valence-corrected chi connectivity index (χ2v) is 8.11. The van der Waals surface area contributed by atoms with Gasteiger partial charge in [0.05, 0.1) is 9.95 Å². The fourth-order valence-electron chi connectivity index (χ4n) is 2.07. The molecule has 2 unspecified atom stereocenters. The van der Waals surface area contributed by atoms with Crippen LogP contribution in [0.25, 0.3) is 0 Å². The molecule has 28 heavy (non-hydrogen) atoms. The van der Waals surface area contributed by atoms with Crippen molar-refractivity contribution >= 4 is 42.5 Å². The second kappa shape index (κ2) is 9.36. The number of nitro groups is 1. The monoisotopic (exact) mass is 449 g/mol. The van der Waals surface area contributed by atoms with Crippen LogP contribution in [0.3, 0.4) is 0 Å². The average Bonchev–Trinajstić information content (AvgIpc) is 2.65. The summed E-state index contributed by atoms with van der Waals surface area (Å²) in [6.07, 6.45) is 0. The topological polar surface area (TPSA) is 125 Å². The lowest BCUT2D eigenvalue weighted by Crippen LogP contribution is -2.19. The molecular weight excluding hydrogens is 436 g/mol.